The number of rotatable bonds is 4. The number of nitrogens with zero attached hydrogens (tertiary/aromatic N) is 1. The normalized spacial score (nSPS) is 16.7. The molecule has 0 bridgehead atoms. The molecule has 3 rings (SSSR count). The smallest absolute Gasteiger partial charge is 0.323 e. The molecule has 2 amide bonds. The van der Waals surface area contributed by atoms with E-state index in [2.05, 4.69) is 20.9 Å². The van der Waals surface area contributed by atoms with Crippen LogP contribution in [0, 0.1) is 12.7 Å². The number of pyridine rings is 1. The lowest BCUT2D eigenvalue weighted by Crippen LogP contribution is -2.21. The van der Waals surface area contributed by atoms with Gasteiger partial charge in [-0.2, -0.15) is 0 Å². The second-order valence-corrected chi connectivity index (χ2v) is 5.68. The van der Waals surface area contributed by atoms with Crippen LogP contribution in [0.1, 0.15) is 12.1 Å². The van der Waals surface area contributed by atoms with Gasteiger partial charge >= 0.3 is 6.03 Å². The van der Waals surface area contributed by atoms with Crippen molar-refractivity contribution in [2.75, 3.05) is 23.7 Å². The molecule has 2 aromatic rings. The van der Waals surface area contributed by atoms with Crippen LogP contribution in [0.2, 0.25) is 0 Å². The largest absolute Gasteiger partial charge is 0.489 e. The van der Waals surface area contributed by atoms with Gasteiger partial charge in [-0.25, -0.2) is 9.18 Å². The summed E-state index contributed by atoms with van der Waals surface area (Å²) in [5.74, 6) is -0.0678. The lowest BCUT2D eigenvalue weighted by Gasteiger charge is -2.14. The van der Waals surface area contributed by atoms with Gasteiger partial charge in [0, 0.05) is 30.1 Å². The molecule has 3 N–H and O–H groups in total. The molecule has 1 aliphatic heterocycles. The third kappa shape index (κ3) is 4.42. The third-order valence-electron chi connectivity index (χ3n) is 3.62. The van der Waals surface area contributed by atoms with Gasteiger partial charge in [0.15, 0.2) is 0 Å². The molecule has 24 heavy (non-hydrogen) atoms. The van der Waals surface area contributed by atoms with Crippen molar-refractivity contribution < 1.29 is 13.9 Å². The summed E-state index contributed by atoms with van der Waals surface area (Å²) in [7, 11) is 0. The maximum absolute atomic E-state index is 13.7. The fraction of sp³-hybridized carbons (Fsp3) is 0.294. The van der Waals surface area contributed by atoms with Crippen molar-refractivity contribution >= 4 is 17.4 Å². The highest BCUT2D eigenvalue weighted by Crippen LogP contribution is 2.22. The fourth-order valence-corrected chi connectivity index (χ4v) is 2.46. The van der Waals surface area contributed by atoms with Gasteiger partial charge in [-0.15, -0.1) is 0 Å². The standard InChI is InChI=1S/C17H19FN4O2/c1-11-2-3-13(9-20-11)21-17(23)22-14-6-12(18)7-16(8-14)24-15-4-5-19-10-15/h2-3,6-9,15,19H,4-5,10H2,1H3,(H2,21,22,23)/t15-/m1/s1. The Kier molecular flexibility index (Phi) is 4.90. The molecule has 1 atom stereocenters. The molecule has 1 aromatic carbocycles. The molecule has 0 saturated carbocycles. The van der Waals surface area contributed by atoms with E-state index in [0.29, 0.717) is 17.1 Å². The Hall–Kier alpha value is -2.67. The Morgan fingerprint density at radius 3 is 2.83 bits per heavy atom. The minimum Gasteiger partial charge on any atom is -0.489 e. The van der Waals surface area contributed by atoms with E-state index < -0.39 is 11.8 Å². The van der Waals surface area contributed by atoms with Crippen molar-refractivity contribution in [2.24, 2.45) is 0 Å². The van der Waals surface area contributed by atoms with Gasteiger partial charge in [0.05, 0.1) is 11.9 Å². The second-order valence-electron chi connectivity index (χ2n) is 5.68. The van der Waals surface area contributed by atoms with Crippen LogP contribution in [0.25, 0.3) is 0 Å². The molecule has 6 nitrogen and oxygen atoms in total. The first kappa shape index (κ1) is 16.2. The van der Waals surface area contributed by atoms with Crippen molar-refractivity contribution in [3.8, 4) is 5.75 Å². The van der Waals surface area contributed by atoms with Crippen molar-refractivity contribution in [3.63, 3.8) is 0 Å². The molecule has 1 aromatic heterocycles. The summed E-state index contributed by atoms with van der Waals surface area (Å²) in [6.45, 7) is 3.48. The van der Waals surface area contributed by atoms with Crippen molar-refractivity contribution in [3.05, 3.63) is 48.0 Å². The van der Waals surface area contributed by atoms with Crippen LogP contribution in [0.15, 0.2) is 36.5 Å². The summed E-state index contributed by atoms with van der Waals surface area (Å²) < 4.78 is 19.5. The Morgan fingerprint density at radius 2 is 2.12 bits per heavy atom. The first-order chi connectivity index (χ1) is 11.6. The van der Waals surface area contributed by atoms with Gasteiger partial charge in [-0.3, -0.25) is 4.98 Å². The lowest BCUT2D eigenvalue weighted by molar-refractivity contribution is 0.222. The minimum absolute atomic E-state index is 0.0205. The fourth-order valence-electron chi connectivity index (χ4n) is 2.46. The highest BCUT2D eigenvalue weighted by Gasteiger charge is 2.16. The number of aromatic nitrogens is 1. The molecular weight excluding hydrogens is 311 g/mol. The number of carbonyl (C=O) groups excluding carboxylic acids is 1. The predicted octanol–water partition coefficient (Wildman–Crippen LogP) is 2.91. The van der Waals surface area contributed by atoms with E-state index in [9.17, 15) is 9.18 Å². The van der Waals surface area contributed by atoms with Crippen LogP contribution in [0.5, 0.6) is 5.75 Å². The zero-order chi connectivity index (χ0) is 16.9. The molecule has 0 unspecified atom stereocenters. The van der Waals surface area contributed by atoms with E-state index >= 15 is 0 Å². The van der Waals surface area contributed by atoms with Crippen LogP contribution in [0.3, 0.4) is 0 Å². The highest BCUT2D eigenvalue weighted by atomic mass is 19.1. The van der Waals surface area contributed by atoms with Crippen LogP contribution in [0.4, 0.5) is 20.6 Å². The molecule has 126 valence electrons. The maximum Gasteiger partial charge on any atom is 0.323 e. The number of urea groups is 1. The summed E-state index contributed by atoms with van der Waals surface area (Å²) in [5.41, 5.74) is 1.74. The number of hydrogen-bond acceptors (Lipinski definition) is 4. The number of hydrogen-bond donors (Lipinski definition) is 3. The summed E-state index contributed by atoms with van der Waals surface area (Å²) in [5, 5.41) is 8.42. The van der Waals surface area contributed by atoms with Crippen molar-refractivity contribution in [2.45, 2.75) is 19.4 Å². The highest BCUT2D eigenvalue weighted by molar-refractivity contribution is 5.99. The number of anilines is 2. The molecule has 0 spiro atoms. The Bertz CT molecular complexity index is 715. The van der Waals surface area contributed by atoms with E-state index in [4.69, 9.17) is 4.74 Å². The van der Waals surface area contributed by atoms with E-state index in [1.54, 1.807) is 24.4 Å². The first-order valence-corrected chi connectivity index (χ1v) is 7.77. The molecule has 0 aliphatic carbocycles. The third-order valence-corrected chi connectivity index (χ3v) is 3.62. The molecule has 2 heterocycles. The topological polar surface area (TPSA) is 75.3 Å². The number of nitrogens with one attached hydrogen (secondary N) is 3. The SMILES string of the molecule is Cc1ccc(NC(=O)Nc2cc(F)cc(O[C@@H]3CCNC3)c2)cn1. The van der Waals surface area contributed by atoms with Crippen LogP contribution in [-0.4, -0.2) is 30.2 Å². The average molecular weight is 330 g/mol. The first-order valence-electron chi connectivity index (χ1n) is 7.77. The van der Waals surface area contributed by atoms with Crippen LogP contribution < -0.4 is 20.7 Å². The number of aryl methyl sites for hydroxylation is 1. The molecular formula is C17H19FN4O2. The van der Waals surface area contributed by atoms with Gasteiger partial charge < -0.3 is 20.7 Å². The molecule has 1 saturated heterocycles. The summed E-state index contributed by atoms with van der Waals surface area (Å²) in [4.78, 5) is 16.1. The van der Waals surface area contributed by atoms with E-state index in [1.807, 2.05) is 6.92 Å². The van der Waals surface area contributed by atoms with Gasteiger partial charge in [0.2, 0.25) is 0 Å². The number of benzene rings is 1. The van der Waals surface area contributed by atoms with E-state index in [0.717, 1.165) is 25.2 Å². The average Bonchev–Trinajstić information content (AvgIpc) is 3.02. The molecule has 0 radical (unpaired) electrons. The van der Waals surface area contributed by atoms with E-state index in [1.165, 1.54) is 12.1 Å². The number of amides is 2. The quantitative estimate of drug-likeness (QED) is 0.806. The zero-order valence-electron chi connectivity index (χ0n) is 13.3. The molecule has 1 fully saturated rings. The Labute approximate surface area is 139 Å². The van der Waals surface area contributed by atoms with Crippen molar-refractivity contribution in [1.29, 1.82) is 0 Å². The van der Waals surface area contributed by atoms with Gasteiger partial charge in [0.1, 0.15) is 17.7 Å². The number of carbonyl (C=O) groups is 1. The monoisotopic (exact) mass is 330 g/mol. The molecule has 7 heteroatoms. The Morgan fingerprint density at radius 1 is 1.29 bits per heavy atom. The molecule has 1 aliphatic rings. The summed E-state index contributed by atoms with van der Waals surface area (Å²) >= 11 is 0. The van der Waals surface area contributed by atoms with Gasteiger partial charge in [-0.1, -0.05) is 0 Å². The maximum atomic E-state index is 13.7. The number of halogens is 1. The summed E-state index contributed by atoms with van der Waals surface area (Å²) in [6, 6.07) is 7.22. The van der Waals surface area contributed by atoms with Gasteiger partial charge in [0.25, 0.3) is 0 Å². The minimum atomic E-state index is -0.472. The second kappa shape index (κ2) is 7.27. The van der Waals surface area contributed by atoms with E-state index in [-0.39, 0.29) is 6.10 Å². The zero-order valence-corrected chi connectivity index (χ0v) is 13.3. The van der Waals surface area contributed by atoms with Crippen molar-refractivity contribution in [1.82, 2.24) is 10.3 Å². The number of ether oxygens (including phenoxy) is 1. The van der Waals surface area contributed by atoms with Gasteiger partial charge in [-0.05, 0) is 38.1 Å². The van der Waals surface area contributed by atoms with Crippen LogP contribution >= 0.6 is 0 Å². The lowest BCUT2D eigenvalue weighted by atomic mass is 10.2. The summed E-state index contributed by atoms with van der Waals surface area (Å²) in [6.07, 6.45) is 2.45. The Balaban J connectivity index is 1.64. The predicted molar refractivity (Wildman–Crippen MR) is 89.9 cm³/mol. The van der Waals surface area contributed by atoms with Crippen LogP contribution in [-0.2, 0) is 0 Å².